The molecule has 1 aromatic carbocycles. The zero-order chi connectivity index (χ0) is 19.6. The van der Waals surface area contributed by atoms with Gasteiger partial charge in [-0.2, -0.15) is 13.2 Å². The highest BCUT2D eigenvalue weighted by Gasteiger charge is 2.34. The van der Waals surface area contributed by atoms with E-state index in [1.165, 1.54) is 6.07 Å². The van der Waals surface area contributed by atoms with Crippen LogP contribution in [-0.4, -0.2) is 34.1 Å². The van der Waals surface area contributed by atoms with Gasteiger partial charge in [-0.3, -0.25) is 10.3 Å². The SMILES string of the molecule is N=C1CCCC(C=O)N1C(=O)NCc1cc(C(F)(F)F)nc2ccccc12. The molecule has 0 bridgehead atoms. The number of aromatic nitrogens is 1. The van der Waals surface area contributed by atoms with Crippen molar-refractivity contribution in [3.63, 3.8) is 0 Å². The third kappa shape index (κ3) is 3.91. The van der Waals surface area contributed by atoms with E-state index in [0.29, 0.717) is 30.9 Å². The van der Waals surface area contributed by atoms with Gasteiger partial charge in [-0.15, -0.1) is 0 Å². The molecule has 0 radical (unpaired) electrons. The van der Waals surface area contributed by atoms with Crippen molar-refractivity contribution in [3.05, 3.63) is 41.6 Å². The lowest BCUT2D eigenvalue weighted by atomic mass is 10.0. The van der Waals surface area contributed by atoms with Crippen LogP contribution in [0.4, 0.5) is 18.0 Å². The zero-order valence-electron chi connectivity index (χ0n) is 14.2. The van der Waals surface area contributed by atoms with E-state index in [9.17, 15) is 22.8 Å². The Morgan fingerprint density at radius 2 is 2.11 bits per heavy atom. The van der Waals surface area contributed by atoms with Crippen molar-refractivity contribution in [1.82, 2.24) is 15.2 Å². The molecule has 1 fully saturated rings. The number of aldehydes is 1. The van der Waals surface area contributed by atoms with Gasteiger partial charge in [0.1, 0.15) is 17.8 Å². The maximum absolute atomic E-state index is 13.1. The van der Waals surface area contributed by atoms with E-state index in [2.05, 4.69) is 10.3 Å². The Bertz CT molecular complexity index is 898. The number of likely N-dealkylation sites (tertiary alicyclic amines) is 1. The largest absolute Gasteiger partial charge is 0.433 e. The van der Waals surface area contributed by atoms with Crippen LogP contribution in [-0.2, 0) is 17.5 Å². The van der Waals surface area contributed by atoms with Gasteiger partial charge >= 0.3 is 12.2 Å². The highest BCUT2D eigenvalue weighted by molar-refractivity contribution is 5.99. The van der Waals surface area contributed by atoms with Crippen LogP contribution >= 0.6 is 0 Å². The van der Waals surface area contributed by atoms with Crippen LogP contribution in [0.3, 0.4) is 0 Å². The maximum atomic E-state index is 13.1. The van der Waals surface area contributed by atoms with Crippen molar-refractivity contribution in [3.8, 4) is 0 Å². The fourth-order valence-corrected chi connectivity index (χ4v) is 3.13. The number of fused-ring (bicyclic) bond motifs is 1. The number of benzene rings is 1. The molecular weight excluding hydrogens is 361 g/mol. The van der Waals surface area contributed by atoms with E-state index in [0.717, 1.165) is 11.0 Å². The molecule has 2 heterocycles. The molecule has 0 spiro atoms. The van der Waals surface area contributed by atoms with E-state index in [1.807, 2.05) is 0 Å². The molecule has 1 atom stereocenters. The molecule has 2 N–H and O–H groups in total. The molecule has 1 saturated heterocycles. The van der Waals surface area contributed by atoms with E-state index in [-0.39, 0.29) is 23.5 Å². The van der Waals surface area contributed by atoms with Crippen LogP contribution in [0, 0.1) is 5.41 Å². The van der Waals surface area contributed by atoms with Crippen LogP contribution in [0.25, 0.3) is 10.9 Å². The van der Waals surface area contributed by atoms with Crippen LogP contribution in [0.5, 0.6) is 0 Å². The predicted molar refractivity (Wildman–Crippen MR) is 92.2 cm³/mol. The summed E-state index contributed by atoms with van der Waals surface area (Å²) in [6.07, 6.45) is -2.54. The van der Waals surface area contributed by atoms with Gasteiger partial charge in [0.05, 0.1) is 11.6 Å². The molecule has 9 heteroatoms. The summed E-state index contributed by atoms with van der Waals surface area (Å²) in [6.45, 7) is -0.180. The highest BCUT2D eigenvalue weighted by Crippen LogP contribution is 2.31. The number of para-hydroxylation sites is 1. The Morgan fingerprint density at radius 3 is 2.81 bits per heavy atom. The summed E-state index contributed by atoms with van der Waals surface area (Å²) in [5.74, 6) is 0.0198. The molecule has 142 valence electrons. The van der Waals surface area contributed by atoms with Crippen molar-refractivity contribution in [2.45, 2.75) is 38.0 Å². The molecule has 1 aliphatic rings. The van der Waals surface area contributed by atoms with Crippen LogP contribution < -0.4 is 5.32 Å². The van der Waals surface area contributed by atoms with Crippen molar-refractivity contribution in [2.24, 2.45) is 0 Å². The average molecular weight is 378 g/mol. The van der Waals surface area contributed by atoms with E-state index >= 15 is 0 Å². The topological polar surface area (TPSA) is 86.2 Å². The van der Waals surface area contributed by atoms with Crippen molar-refractivity contribution in [2.75, 3.05) is 0 Å². The van der Waals surface area contributed by atoms with Crippen molar-refractivity contribution >= 4 is 29.1 Å². The molecule has 3 rings (SSSR count). The number of alkyl halides is 3. The summed E-state index contributed by atoms with van der Waals surface area (Å²) in [5, 5.41) is 10.9. The molecule has 1 aromatic heterocycles. The smallest absolute Gasteiger partial charge is 0.334 e. The molecular formula is C18H17F3N4O2. The summed E-state index contributed by atoms with van der Waals surface area (Å²) in [5.41, 5.74) is -0.609. The van der Waals surface area contributed by atoms with E-state index in [4.69, 9.17) is 5.41 Å². The highest BCUT2D eigenvalue weighted by atomic mass is 19.4. The first kappa shape index (κ1) is 18.8. The summed E-state index contributed by atoms with van der Waals surface area (Å²) >= 11 is 0. The van der Waals surface area contributed by atoms with E-state index < -0.39 is 23.9 Å². The molecule has 1 unspecified atom stereocenters. The third-order valence-corrected chi connectivity index (χ3v) is 4.43. The number of halogens is 3. The number of nitrogens with zero attached hydrogens (tertiary/aromatic N) is 2. The first-order valence-electron chi connectivity index (χ1n) is 8.37. The van der Waals surface area contributed by atoms with Crippen LogP contribution in [0.2, 0.25) is 0 Å². The second kappa shape index (κ2) is 7.34. The van der Waals surface area contributed by atoms with E-state index in [1.54, 1.807) is 18.2 Å². The Labute approximate surface area is 152 Å². The normalized spacial score (nSPS) is 17.8. The van der Waals surface area contributed by atoms with Gasteiger partial charge in [0.2, 0.25) is 0 Å². The van der Waals surface area contributed by atoms with Gasteiger partial charge < -0.3 is 10.1 Å². The van der Waals surface area contributed by atoms with Crippen LogP contribution in [0.1, 0.15) is 30.5 Å². The van der Waals surface area contributed by atoms with Gasteiger partial charge in [0.15, 0.2) is 0 Å². The number of piperidine rings is 1. The number of urea groups is 1. The minimum atomic E-state index is -4.61. The number of amidine groups is 1. The number of amides is 2. The zero-order valence-corrected chi connectivity index (χ0v) is 14.2. The number of rotatable bonds is 3. The Balaban J connectivity index is 1.87. The Morgan fingerprint density at radius 1 is 1.37 bits per heavy atom. The van der Waals surface area contributed by atoms with Gasteiger partial charge in [0.25, 0.3) is 0 Å². The third-order valence-electron chi connectivity index (χ3n) is 4.43. The standard InChI is InChI=1S/C18H17F3N4O2/c19-18(20,21)15-8-11(13-5-1-2-6-14(13)24-15)9-23-17(27)25-12(10-26)4-3-7-16(25)22/h1-2,5-6,8,10,12,22H,3-4,7,9H2,(H,23,27). The molecule has 2 aromatic rings. The molecule has 1 aliphatic heterocycles. The number of carbonyl (C=O) groups excluding carboxylic acids is 2. The number of hydrogen-bond acceptors (Lipinski definition) is 4. The second-order valence-electron chi connectivity index (χ2n) is 6.25. The Hall–Kier alpha value is -2.97. The first-order valence-corrected chi connectivity index (χ1v) is 8.37. The lowest BCUT2D eigenvalue weighted by molar-refractivity contribution is -0.141. The molecule has 6 nitrogen and oxygen atoms in total. The summed E-state index contributed by atoms with van der Waals surface area (Å²) in [6, 6.07) is 5.85. The van der Waals surface area contributed by atoms with Gasteiger partial charge in [-0.1, -0.05) is 18.2 Å². The molecule has 0 aliphatic carbocycles. The molecule has 27 heavy (non-hydrogen) atoms. The minimum absolute atomic E-state index is 0.0198. The predicted octanol–water partition coefficient (Wildman–Crippen LogP) is 3.49. The fraction of sp³-hybridized carbons (Fsp3) is 0.333. The van der Waals surface area contributed by atoms with Gasteiger partial charge in [-0.25, -0.2) is 9.78 Å². The minimum Gasteiger partial charge on any atom is -0.334 e. The number of nitrogens with one attached hydrogen (secondary N) is 2. The van der Waals surface area contributed by atoms with Crippen molar-refractivity contribution in [1.29, 1.82) is 5.41 Å². The van der Waals surface area contributed by atoms with Crippen LogP contribution in [0.15, 0.2) is 30.3 Å². The fourth-order valence-electron chi connectivity index (χ4n) is 3.13. The van der Waals surface area contributed by atoms with Crippen molar-refractivity contribution < 1.29 is 22.8 Å². The Kier molecular flexibility index (Phi) is 5.11. The van der Waals surface area contributed by atoms with Gasteiger partial charge in [-0.05, 0) is 30.5 Å². The second-order valence-corrected chi connectivity index (χ2v) is 6.25. The first-order chi connectivity index (χ1) is 12.8. The number of hydrogen-bond donors (Lipinski definition) is 2. The summed E-state index contributed by atoms with van der Waals surface area (Å²) in [7, 11) is 0. The summed E-state index contributed by atoms with van der Waals surface area (Å²) < 4.78 is 39.3. The number of carbonyl (C=O) groups is 2. The lowest BCUT2D eigenvalue weighted by Crippen LogP contribution is -2.51. The number of pyridine rings is 1. The lowest BCUT2D eigenvalue weighted by Gasteiger charge is -2.32. The quantitative estimate of drug-likeness (QED) is 0.802. The average Bonchev–Trinajstić information content (AvgIpc) is 2.64. The summed E-state index contributed by atoms with van der Waals surface area (Å²) in [4.78, 5) is 28.3. The monoisotopic (exact) mass is 378 g/mol. The molecule has 2 amide bonds. The maximum Gasteiger partial charge on any atom is 0.433 e. The van der Waals surface area contributed by atoms with Gasteiger partial charge in [0, 0.05) is 18.4 Å². The molecule has 0 saturated carbocycles.